The van der Waals surface area contributed by atoms with Crippen LogP contribution in [-0.4, -0.2) is 94.1 Å². The van der Waals surface area contributed by atoms with Crippen molar-refractivity contribution < 1.29 is 33.3 Å². The molecule has 0 amide bonds. The summed E-state index contributed by atoms with van der Waals surface area (Å²) in [6, 6.07) is 0. The van der Waals surface area contributed by atoms with Gasteiger partial charge in [0.1, 0.15) is 19.8 Å². The number of allylic oxidation sites excluding steroid dienone is 5. The molecule has 9 heteroatoms. The lowest BCUT2D eigenvalue weighted by Gasteiger charge is -2.32. The summed E-state index contributed by atoms with van der Waals surface area (Å²) >= 11 is 0. The molecule has 0 saturated carbocycles. The van der Waals surface area contributed by atoms with E-state index >= 15 is 0 Å². The molecule has 0 aromatic heterocycles. The number of hydrogen-bond acceptors (Lipinski definition) is 9. The monoisotopic (exact) mass is 747 g/mol. The molecule has 53 heavy (non-hydrogen) atoms. The number of hydrogen-bond donors (Lipinski definition) is 0. The van der Waals surface area contributed by atoms with E-state index in [0.29, 0.717) is 6.42 Å². The Morgan fingerprint density at radius 1 is 0.585 bits per heavy atom. The molecule has 0 N–H and O–H groups in total. The van der Waals surface area contributed by atoms with Crippen LogP contribution in [0.1, 0.15) is 156 Å². The molecular formula is C44H78N2O7. The molecule has 0 bridgehead atoms. The third-order valence-electron chi connectivity index (χ3n) is 9.67. The average Bonchev–Trinajstić information content (AvgIpc) is 3.15. The summed E-state index contributed by atoms with van der Waals surface area (Å²) in [5.41, 5.74) is 1.12. The van der Waals surface area contributed by atoms with Crippen molar-refractivity contribution >= 4 is 18.1 Å². The molecule has 0 aliphatic carbocycles. The predicted octanol–water partition coefficient (Wildman–Crippen LogP) is 10.4. The molecule has 1 heterocycles. The maximum atomic E-state index is 12.8. The van der Waals surface area contributed by atoms with Gasteiger partial charge in [-0.1, -0.05) is 108 Å². The first-order valence-electron chi connectivity index (χ1n) is 21.4. The Hall–Kier alpha value is -2.65. The number of rotatable bonds is 33. The van der Waals surface area contributed by atoms with Crippen LogP contribution in [0.15, 0.2) is 36.0 Å². The molecule has 0 spiro atoms. The largest absolute Gasteiger partial charge is 0.508 e. The number of carbonyl (C=O) groups is 3. The first-order valence-corrected chi connectivity index (χ1v) is 21.4. The van der Waals surface area contributed by atoms with Crippen LogP contribution in [0.25, 0.3) is 0 Å². The van der Waals surface area contributed by atoms with Crippen molar-refractivity contribution in [2.24, 2.45) is 5.92 Å². The lowest BCUT2D eigenvalue weighted by Crippen LogP contribution is -2.44. The molecule has 1 atom stereocenters. The summed E-state index contributed by atoms with van der Waals surface area (Å²) in [4.78, 5) is 42.5. The van der Waals surface area contributed by atoms with Gasteiger partial charge >= 0.3 is 18.1 Å². The van der Waals surface area contributed by atoms with Gasteiger partial charge in [-0.2, -0.15) is 0 Å². The lowest BCUT2D eigenvalue weighted by molar-refractivity contribution is -0.148. The van der Waals surface area contributed by atoms with E-state index in [0.717, 1.165) is 128 Å². The number of unbranched alkanes of at least 4 members (excludes halogenated alkanes) is 12. The molecular weight excluding hydrogens is 668 g/mol. The van der Waals surface area contributed by atoms with Gasteiger partial charge in [0.05, 0.1) is 12.5 Å². The Labute approximate surface area is 324 Å². The van der Waals surface area contributed by atoms with E-state index in [4.69, 9.17) is 18.9 Å². The second kappa shape index (κ2) is 35.1. The minimum Gasteiger partial charge on any atom is -0.465 e. The van der Waals surface area contributed by atoms with Gasteiger partial charge in [0.25, 0.3) is 0 Å². The fraction of sp³-hybridized carbons (Fsp3) is 0.795. The SMILES string of the molecule is CCCCC/C=C\C/C=C\CCCCCCCC(=O)OCC(COC(=O)/C=C(/CCCC)CCCCCC)COC(=O)OCCCN1CCN(C)CC1. The summed E-state index contributed by atoms with van der Waals surface area (Å²) in [5.74, 6) is -1.17. The van der Waals surface area contributed by atoms with Gasteiger partial charge in [0.2, 0.25) is 0 Å². The summed E-state index contributed by atoms with van der Waals surface area (Å²) in [6.07, 6.45) is 31.8. The Morgan fingerprint density at radius 2 is 1.15 bits per heavy atom. The third-order valence-corrected chi connectivity index (χ3v) is 9.67. The van der Waals surface area contributed by atoms with Crippen LogP contribution in [-0.2, 0) is 28.5 Å². The van der Waals surface area contributed by atoms with Gasteiger partial charge in [-0.3, -0.25) is 4.79 Å². The maximum absolute atomic E-state index is 12.8. The summed E-state index contributed by atoms with van der Waals surface area (Å²) in [6.45, 7) is 11.8. The number of nitrogens with zero attached hydrogens (tertiary/aromatic N) is 2. The van der Waals surface area contributed by atoms with Gasteiger partial charge in [0.15, 0.2) is 0 Å². The summed E-state index contributed by atoms with van der Waals surface area (Å²) in [5, 5.41) is 0. The molecule has 1 saturated heterocycles. The van der Waals surface area contributed by atoms with Gasteiger partial charge in [-0.15, -0.1) is 0 Å². The molecule has 1 rings (SSSR count). The summed E-state index contributed by atoms with van der Waals surface area (Å²) in [7, 11) is 2.13. The van der Waals surface area contributed by atoms with Crippen molar-refractivity contribution in [1.29, 1.82) is 0 Å². The van der Waals surface area contributed by atoms with Crippen LogP contribution in [0.5, 0.6) is 0 Å². The number of piperazine rings is 1. The number of esters is 2. The Balaban J connectivity index is 2.46. The van der Waals surface area contributed by atoms with Gasteiger partial charge in [-0.05, 0) is 77.7 Å². The second-order valence-electron chi connectivity index (χ2n) is 14.8. The van der Waals surface area contributed by atoms with E-state index in [2.05, 4.69) is 61.9 Å². The Bertz CT molecular complexity index is 1000. The van der Waals surface area contributed by atoms with Gasteiger partial charge in [0, 0.05) is 45.2 Å². The zero-order valence-electron chi connectivity index (χ0n) is 34.4. The minimum absolute atomic E-state index is 0.00644. The molecule has 0 aromatic carbocycles. The third kappa shape index (κ3) is 30.4. The number of likely N-dealkylation sites (N-methyl/N-ethyl adjacent to an activating group) is 1. The highest BCUT2D eigenvalue weighted by Crippen LogP contribution is 2.17. The predicted molar refractivity (Wildman–Crippen MR) is 217 cm³/mol. The van der Waals surface area contributed by atoms with Crippen molar-refractivity contribution in [3.8, 4) is 0 Å². The number of ether oxygens (including phenoxy) is 4. The van der Waals surface area contributed by atoms with Crippen LogP contribution in [0, 0.1) is 5.92 Å². The zero-order valence-corrected chi connectivity index (χ0v) is 34.4. The molecule has 9 nitrogen and oxygen atoms in total. The molecule has 306 valence electrons. The average molecular weight is 747 g/mol. The van der Waals surface area contributed by atoms with E-state index in [1.807, 2.05) is 0 Å². The smallest absolute Gasteiger partial charge is 0.465 e. The van der Waals surface area contributed by atoms with Crippen LogP contribution >= 0.6 is 0 Å². The maximum Gasteiger partial charge on any atom is 0.508 e. The van der Waals surface area contributed by atoms with Crippen molar-refractivity contribution in [3.63, 3.8) is 0 Å². The lowest BCUT2D eigenvalue weighted by atomic mass is 10.0. The van der Waals surface area contributed by atoms with Crippen molar-refractivity contribution in [3.05, 3.63) is 36.0 Å². The standard InChI is InChI=1S/C44H78N2O7/c1-5-8-11-13-14-15-16-17-18-19-20-21-22-23-25-29-42(47)51-37-41(38-52-43(48)36-40(27-10-7-3)28-24-12-9-6-2)39-53-44(49)50-35-26-30-46-33-31-45(4)32-34-46/h14-15,17-18,36,41H,5-13,16,19-35,37-39H2,1-4H3/b15-14-,18-17-,40-36-. The topological polar surface area (TPSA) is 94.6 Å². The Morgan fingerprint density at radius 3 is 1.87 bits per heavy atom. The second-order valence-corrected chi connectivity index (χ2v) is 14.8. The summed E-state index contributed by atoms with van der Waals surface area (Å²) < 4.78 is 21.9. The highest BCUT2D eigenvalue weighted by atomic mass is 16.7. The quantitative estimate of drug-likeness (QED) is 0.0214. The molecule has 1 fully saturated rings. The van der Waals surface area contributed by atoms with Crippen LogP contribution in [0.4, 0.5) is 4.79 Å². The van der Waals surface area contributed by atoms with Gasteiger partial charge in [-0.25, -0.2) is 9.59 Å². The Kier molecular flexibility index (Phi) is 32.0. The van der Waals surface area contributed by atoms with Crippen LogP contribution < -0.4 is 0 Å². The van der Waals surface area contributed by atoms with Gasteiger partial charge < -0.3 is 28.7 Å². The molecule has 1 aliphatic heterocycles. The first-order chi connectivity index (χ1) is 25.9. The fourth-order valence-electron chi connectivity index (χ4n) is 6.11. The highest BCUT2D eigenvalue weighted by molar-refractivity contribution is 5.82. The van der Waals surface area contributed by atoms with E-state index in [9.17, 15) is 14.4 Å². The minimum atomic E-state index is -0.759. The molecule has 1 aliphatic rings. The normalized spacial score (nSPS) is 14.9. The van der Waals surface area contributed by atoms with E-state index in [1.54, 1.807) is 6.08 Å². The molecule has 0 aromatic rings. The van der Waals surface area contributed by atoms with Crippen molar-refractivity contribution in [2.75, 3.05) is 66.2 Å². The van der Waals surface area contributed by atoms with Crippen LogP contribution in [0.3, 0.4) is 0 Å². The van der Waals surface area contributed by atoms with E-state index in [1.165, 1.54) is 38.5 Å². The van der Waals surface area contributed by atoms with Crippen molar-refractivity contribution in [2.45, 2.75) is 156 Å². The molecule has 0 radical (unpaired) electrons. The fourth-order valence-corrected chi connectivity index (χ4v) is 6.11. The van der Waals surface area contributed by atoms with E-state index in [-0.39, 0.29) is 32.4 Å². The van der Waals surface area contributed by atoms with Crippen molar-refractivity contribution in [1.82, 2.24) is 9.80 Å². The van der Waals surface area contributed by atoms with Crippen LogP contribution in [0.2, 0.25) is 0 Å². The molecule has 1 unspecified atom stereocenters. The zero-order chi connectivity index (χ0) is 38.6. The number of carbonyl (C=O) groups excluding carboxylic acids is 3. The van der Waals surface area contributed by atoms with E-state index < -0.39 is 18.0 Å². The first kappa shape index (κ1) is 48.4. The highest BCUT2D eigenvalue weighted by Gasteiger charge is 2.19.